The largest absolute Gasteiger partial charge is 0.457 e. The van der Waals surface area contributed by atoms with E-state index in [4.69, 9.17) is 4.42 Å². The Morgan fingerprint density at radius 1 is 1.38 bits per heavy atom. The van der Waals surface area contributed by atoms with Crippen LogP contribution < -0.4 is 0 Å². The fourth-order valence-corrected chi connectivity index (χ4v) is 3.36. The van der Waals surface area contributed by atoms with Gasteiger partial charge in [0, 0.05) is 18.9 Å². The molecule has 1 atom stereocenters. The summed E-state index contributed by atoms with van der Waals surface area (Å²) in [7, 11) is 1.87. The summed E-state index contributed by atoms with van der Waals surface area (Å²) in [5, 5.41) is 15.8. The van der Waals surface area contributed by atoms with Gasteiger partial charge in [0.1, 0.15) is 17.4 Å². The lowest BCUT2D eigenvalue weighted by atomic mass is 10.1. The van der Waals surface area contributed by atoms with Crippen molar-refractivity contribution in [3.8, 4) is 0 Å². The summed E-state index contributed by atoms with van der Waals surface area (Å²) < 4.78 is 9.37. The van der Waals surface area contributed by atoms with Gasteiger partial charge in [0.25, 0.3) is 0 Å². The van der Waals surface area contributed by atoms with Crippen molar-refractivity contribution in [2.75, 3.05) is 0 Å². The second-order valence-corrected chi connectivity index (χ2v) is 6.64. The highest BCUT2D eigenvalue weighted by Crippen LogP contribution is 2.32. The average molecular weight is 414 g/mol. The second kappa shape index (κ2) is 5.59. The molecule has 0 radical (unpaired) electrons. The third-order valence-corrected chi connectivity index (χ3v) is 5.15. The maximum absolute atomic E-state index is 10.5. The first kappa shape index (κ1) is 14.8. The molecule has 0 aliphatic carbocycles. The number of hydrogen-bond acceptors (Lipinski definition) is 3. The Kier molecular flexibility index (Phi) is 3.94. The number of fused-ring (bicyclic) bond motifs is 1. The van der Waals surface area contributed by atoms with Crippen LogP contribution in [0.4, 0.5) is 0 Å². The minimum Gasteiger partial charge on any atom is -0.457 e. The van der Waals surface area contributed by atoms with Gasteiger partial charge in [-0.15, -0.1) is 0 Å². The smallest absolute Gasteiger partial charge is 0.148 e. The molecule has 0 aliphatic heterocycles. The Morgan fingerprint density at radius 2 is 2.14 bits per heavy atom. The number of aromatic nitrogens is 2. The SMILES string of the molecule is Cc1nn(C)c(CC(O)c2cc3cccc(Br)c3o2)c1Br. The molecule has 2 aromatic heterocycles. The van der Waals surface area contributed by atoms with Crippen molar-refractivity contribution in [2.24, 2.45) is 7.05 Å². The van der Waals surface area contributed by atoms with Gasteiger partial charge in [0.2, 0.25) is 0 Å². The zero-order valence-corrected chi connectivity index (χ0v) is 14.8. The molecule has 4 nitrogen and oxygen atoms in total. The highest BCUT2D eigenvalue weighted by molar-refractivity contribution is 9.11. The fraction of sp³-hybridized carbons (Fsp3) is 0.267. The Labute approximate surface area is 139 Å². The van der Waals surface area contributed by atoms with E-state index in [1.807, 2.05) is 38.2 Å². The van der Waals surface area contributed by atoms with Gasteiger partial charge in [0.05, 0.1) is 20.3 Å². The molecule has 1 N–H and O–H groups in total. The van der Waals surface area contributed by atoms with Crippen LogP contribution in [0.5, 0.6) is 0 Å². The van der Waals surface area contributed by atoms with E-state index in [9.17, 15) is 5.11 Å². The summed E-state index contributed by atoms with van der Waals surface area (Å²) in [6.07, 6.45) is -0.273. The third-order valence-electron chi connectivity index (χ3n) is 3.49. The number of furan rings is 1. The number of aliphatic hydroxyl groups excluding tert-OH is 1. The van der Waals surface area contributed by atoms with Crippen molar-refractivity contribution in [1.29, 1.82) is 0 Å². The first-order chi connectivity index (χ1) is 9.97. The van der Waals surface area contributed by atoms with Crippen LogP contribution >= 0.6 is 31.9 Å². The molecule has 3 aromatic rings. The predicted octanol–water partition coefficient (Wildman–Crippen LogP) is 4.28. The predicted molar refractivity (Wildman–Crippen MR) is 88.2 cm³/mol. The van der Waals surface area contributed by atoms with Gasteiger partial charge in [0.15, 0.2) is 0 Å². The summed E-state index contributed by atoms with van der Waals surface area (Å²) in [6.45, 7) is 1.93. The van der Waals surface area contributed by atoms with Crippen molar-refractivity contribution >= 4 is 42.8 Å². The van der Waals surface area contributed by atoms with Gasteiger partial charge in [-0.25, -0.2) is 0 Å². The van der Waals surface area contributed by atoms with E-state index >= 15 is 0 Å². The number of para-hydroxylation sites is 1. The number of benzene rings is 1. The molecular formula is C15H14Br2N2O2. The van der Waals surface area contributed by atoms with E-state index in [0.29, 0.717) is 12.2 Å². The van der Waals surface area contributed by atoms with Crippen LogP contribution in [-0.2, 0) is 13.5 Å². The monoisotopic (exact) mass is 412 g/mol. The standard InChI is InChI=1S/C15H14Br2N2O2/c1-8-14(17)11(19(2)18-8)7-12(20)13-6-9-4-3-5-10(16)15(9)21-13/h3-6,12,20H,7H2,1-2H3. The van der Waals surface area contributed by atoms with Crippen LogP contribution in [0.15, 0.2) is 37.6 Å². The van der Waals surface area contributed by atoms with E-state index in [1.165, 1.54) is 0 Å². The quantitative estimate of drug-likeness (QED) is 0.697. The third kappa shape index (κ3) is 2.67. The molecule has 2 heterocycles. The van der Waals surface area contributed by atoms with Crippen molar-refractivity contribution in [2.45, 2.75) is 19.4 Å². The Balaban J connectivity index is 1.93. The van der Waals surface area contributed by atoms with Crippen molar-refractivity contribution in [1.82, 2.24) is 9.78 Å². The maximum atomic E-state index is 10.5. The second-order valence-electron chi connectivity index (χ2n) is 5.00. The molecule has 6 heteroatoms. The van der Waals surface area contributed by atoms with Gasteiger partial charge >= 0.3 is 0 Å². The molecule has 0 fully saturated rings. The normalized spacial score (nSPS) is 13.0. The molecule has 0 saturated heterocycles. The Morgan fingerprint density at radius 3 is 2.76 bits per heavy atom. The highest BCUT2D eigenvalue weighted by atomic mass is 79.9. The van der Waals surface area contributed by atoms with Crippen LogP contribution in [-0.4, -0.2) is 14.9 Å². The Bertz CT molecular complexity index is 807. The summed E-state index contributed by atoms with van der Waals surface area (Å²) in [6, 6.07) is 7.70. The minimum absolute atomic E-state index is 0.440. The number of aliphatic hydroxyl groups is 1. The van der Waals surface area contributed by atoms with Crippen LogP contribution in [0, 0.1) is 6.92 Å². The van der Waals surface area contributed by atoms with Crippen LogP contribution in [0.2, 0.25) is 0 Å². The van der Waals surface area contributed by atoms with Gasteiger partial charge in [-0.1, -0.05) is 12.1 Å². The topological polar surface area (TPSA) is 51.2 Å². The summed E-state index contributed by atoms with van der Waals surface area (Å²) >= 11 is 6.97. The van der Waals surface area contributed by atoms with Gasteiger partial charge in [-0.2, -0.15) is 5.10 Å². The van der Waals surface area contributed by atoms with Gasteiger partial charge in [-0.05, 0) is 50.9 Å². The minimum atomic E-state index is -0.713. The lowest BCUT2D eigenvalue weighted by Crippen LogP contribution is -2.06. The lowest BCUT2D eigenvalue weighted by molar-refractivity contribution is 0.150. The van der Waals surface area contributed by atoms with Gasteiger partial charge in [-0.3, -0.25) is 4.68 Å². The molecule has 3 rings (SSSR count). The van der Waals surface area contributed by atoms with E-state index in [-0.39, 0.29) is 0 Å². The molecule has 0 bridgehead atoms. The number of rotatable bonds is 3. The lowest BCUT2D eigenvalue weighted by Gasteiger charge is -2.08. The van der Waals surface area contributed by atoms with E-state index in [1.54, 1.807) is 4.68 Å². The molecule has 0 aliphatic rings. The van der Waals surface area contributed by atoms with E-state index in [2.05, 4.69) is 37.0 Å². The van der Waals surface area contributed by atoms with E-state index in [0.717, 1.165) is 31.3 Å². The van der Waals surface area contributed by atoms with Gasteiger partial charge < -0.3 is 9.52 Å². The highest BCUT2D eigenvalue weighted by Gasteiger charge is 2.19. The molecule has 110 valence electrons. The zero-order chi connectivity index (χ0) is 15.1. The summed E-state index contributed by atoms with van der Waals surface area (Å²) in [4.78, 5) is 0. The molecular weight excluding hydrogens is 400 g/mol. The molecule has 0 spiro atoms. The van der Waals surface area contributed by atoms with Crippen LogP contribution in [0.25, 0.3) is 11.0 Å². The molecule has 0 amide bonds. The van der Waals surface area contributed by atoms with E-state index < -0.39 is 6.10 Å². The molecule has 0 saturated carbocycles. The van der Waals surface area contributed by atoms with Crippen molar-refractivity contribution in [3.63, 3.8) is 0 Å². The van der Waals surface area contributed by atoms with Crippen LogP contribution in [0.1, 0.15) is 23.3 Å². The molecule has 1 unspecified atom stereocenters. The zero-order valence-electron chi connectivity index (χ0n) is 11.6. The fourth-order valence-electron chi connectivity index (χ4n) is 2.40. The number of halogens is 2. The molecule has 21 heavy (non-hydrogen) atoms. The average Bonchev–Trinajstić information content (AvgIpc) is 2.97. The first-order valence-corrected chi connectivity index (χ1v) is 8.10. The van der Waals surface area contributed by atoms with Crippen LogP contribution in [0.3, 0.4) is 0 Å². The number of hydrogen-bond donors (Lipinski definition) is 1. The van der Waals surface area contributed by atoms with Crippen molar-refractivity contribution < 1.29 is 9.52 Å². The Hall–Kier alpha value is -1.11. The summed E-state index contributed by atoms with van der Waals surface area (Å²) in [5.41, 5.74) is 2.61. The van der Waals surface area contributed by atoms with Crippen molar-refractivity contribution in [3.05, 3.63) is 50.4 Å². The number of nitrogens with zero attached hydrogens (tertiary/aromatic N) is 2. The number of aryl methyl sites for hydroxylation is 2. The summed E-state index contributed by atoms with van der Waals surface area (Å²) in [5.74, 6) is 0.558. The first-order valence-electron chi connectivity index (χ1n) is 6.51. The maximum Gasteiger partial charge on any atom is 0.148 e. The molecule has 1 aromatic carbocycles.